The fourth-order valence-corrected chi connectivity index (χ4v) is 2.01. The molecular weight excluding hydrogens is 214 g/mol. The second-order valence-electron chi connectivity index (χ2n) is 4.74. The molecule has 3 heteroatoms. The van der Waals surface area contributed by atoms with Crippen molar-refractivity contribution in [3.8, 4) is 0 Å². The topological polar surface area (TPSA) is 43.7 Å². The van der Waals surface area contributed by atoms with Crippen LogP contribution < -0.4 is 0 Å². The summed E-state index contributed by atoms with van der Waals surface area (Å²) in [4.78, 5) is 2.10. The molecule has 3 atom stereocenters. The third-order valence-corrected chi connectivity index (χ3v) is 2.83. The Labute approximate surface area is 104 Å². The summed E-state index contributed by atoms with van der Waals surface area (Å²) in [5.41, 5.74) is 1.20. The van der Waals surface area contributed by atoms with E-state index in [4.69, 9.17) is 0 Å². The lowest BCUT2D eigenvalue weighted by Crippen LogP contribution is -2.38. The maximum atomic E-state index is 9.51. The van der Waals surface area contributed by atoms with Crippen LogP contribution in [0, 0.1) is 0 Å². The van der Waals surface area contributed by atoms with E-state index in [1.807, 2.05) is 18.2 Å². The van der Waals surface area contributed by atoms with Gasteiger partial charge in [0.25, 0.3) is 0 Å². The summed E-state index contributed by atoms with van der Waals surface area (Å²) < 4.78 is 0. The molecule has 0 saturated carbocycles. The van der Waals surface area contributed by atoms with E-state index in [1.54, 1.807) is 13.8 Å². The molecule has 3 unspecified atom stereocenters. The zero-order valence-corrected chi connectivity index (χ0v) is 10.9. The average Bonchev–Trinajstić information content (AvgIpc) is 2.27. The first-order valence-corrected chi connectivity index (χ1v) is 6.15. The van der Waals surface area contributed by atoms with E-state index in [1.165, 1.54) is 5.56 Å². The van der Waals surface area contributed by atoms with Crippen LogP contribution in [0.4, 0.5) is 0 Å². The maximum absolute atomic E-state index is 9.51. The van der Waals surface area contributed by atoms with E-state index < -0.39 is 0 Å². The van der Waals surface area contributed by atoms with Gasteiger partial charge in [0.15, 0.2) is 0 Å². The summed E-state index contributed by atoms with van der Waals surface area (Å²) in [6, 6.07) is 10.3. The quantitative estimate of drug-likeness (QED) is 0.793. The van der Waals surface area contributed by atoms with Crippen LogP contribution in [0.25, 0.3) is 0 Å². The Kier molecular flexibility index (Phi) is 5.62. The van der Waals surface area contributed by atoms with Crippen molar-refractivity contribution < 1.29 is 10.2 Å². The number of rotatable bonds is 6. The first-order valence-electron chi connectivity index (χ1n) is 6.15. The molecule has 2 N–H and O–H groups in total. The maximum Gasteiger partial charge on any atom is 0.0639 e. The highest BCUT2D eigenvalue weighted by Gasteiger charge is 2.18. The smallest absolute Gasteiger partial charge is 0.0639 e. The molecule has 17 heavy (non-hydrogen) atoms. The number of hydrogen-bond acceptors (Lipinski definition) is 3. The van der Waals surface area contributed by atoms with Crippen LogP contribution in [-0.4, -0.2) is 40.4 Å². The Morgan fingerprint density at radius 3 is 1.82 bits per heavy atom. The van der Waals surface area contributed by atoms with Crippen molar-refractivity contribution in [3.05, 3.63) is 35.9 Å². The predicted molar refractivity (Wildman–Crippen MR) is 69.8 cm³/mol. The molecule has 96 valence electrons. The fraction of sp³-hybridized carbons (Fsp3) is 0.571. The molecular formula is C14H23NO2. The van der Waals surface area contributed by atoms with Gasteiger partial charge < -0.3 is 10.2 Å². The van der Waals surface area contributed by atoms with Crippen LogP contribution in [0.5, 0.6) is 0 Å². The van der Waals surface area contributed by atoms with Crippen LogP contribution in [-0.2, 0) is 0 Å². The van der Waals surface area contributed by atoms with Gasteiger partial charge in [-0.05, 0) is 26.3 Å². The average molecular weight is 237 g/mol. The molecule has 1 aromatic carbocycles. The van der Waals surface area contributed by atoms with Crippen molar-refractivity contribution in [3.63, 3.8) is 0 Å². The van der Waals surface area contributed by atoms with Crippen molar-refractivity contribution in [1.29, 1.82) is 0 Å². The van der Waals surface area contributed by atoms with Crippen molar-refractivity contribution >= 4 is 0 Å². The van der Waals surface area contributed by atoms with Crippen LogP contribution in [0.15, 0.2) is 30.3 Å². The van der Waals surface area contributed by atoms with Crippen LogP contribution >= 0.6 is 0 Å². The third kappa shape index (κ3) is 4.86. The van der Waals surface area contributed by atoms with E-state index in [-0.39, 0.29) is 18.2 Å². The second-order valence-corrected chi connectivity index (χ2v) is 4.74. The molecule has 0 heterocycles. The Morgan fingerprint density at radius 2 is 1.41 bits per heavy atom. The Hall–Kier alpha value is -0.900. The predicted octanol–water partition coefficient (Wildman–Crippen LogP) is 1.81. The molecule has 0 spiro atoms. The molecule has 1 rings (SSSR count). The molecule has 0 aliphatic rings. The Balaban J connectivity index is 2.75. The molecule has 0 aliphatic carbocycles. The summed E-state index contributed by atoms with van der Waals surface area (Å²) in [7, 11) is 0. The number of aliphatic hydroxyl groups excluding tert-OH is 2. The molecule has 1 aromatic rings. The molecule has 0 bridgehead atoms. The summed E-state index contributed by atoms with van der Waals surface area (Å²) in [5, 5.41) is 19.0. The van der Waals surface area contributed by atoms with E-state index in [0.29, 0.717) is 13.1 Å². The van der Waals surface area contributed by atoms with Crippen molar-refractivity contribution in [1.82, 2.24) is 4.90 Å². The first-order chi connectivity index (χ1) is 8.00. The normalized spacial score (nSPS) is 16.8. The standard InChI is InChI=1S/C14H23NO2/c1-11(16)9-15(10-12(2)17)13(3)14-7-5-4-6-8-14/h4-8,11-13,16-17H,9-10H2,1-3H3. The number of aliphatic hydroxyl groups is 2. The van der Waals surface area contributed by atoms with E-state index in [9.17, 15) is 10.2 Å². The zero-order chi connectivity index (χ0) is 12.8. The van der Waals surface area contributed by atoms with Gasteiger partial charge in [0.2, 0.25) is 0 Å². The summed E-state index contributed by atoms with van der Waals surface area (Å²) >= 11 is 0. The minimum Gasteiger partial charge on any atom is -0.392 e. The molecule has 3 nitrogen and oxygen atoms in total. The summed E-state index contributed by atoms with van der Waals surface area (Å²) in [6.45, 7) is 6.78. The van der Waals surface area contributed by atoms with Gasteiger partial charge in [-0.2, -0.15) is 0 Å². The van der Waals surface area contributed by atoms with Gasteiger partial charge in [0.05, 0.1) is 12.2 Å². The lowest BCUT2D eigenvalue weighted by molar-refractivity contribution is 0.0613. The molecule has 0 saturated heterocycles. The largest absolute Gasteiger partial charge is 0.392 e. The minimum absolute atomic E-state index is 0.195. The van der Waals surface area contributed by atoms with Crippen molar-refractivity contribution in [2.75, 3.05) is 13.1 Å². The van der Waals surface area contributed by atoms with Gasteiger partial charge in [-0.25, -0.2) is 0 Å². The highest BCUT2D eigenvalue weighted by Crippen LogP contribution is 2.20. The van der Waals surface area contributed by atoms with Crippen LogP contribution in [0.1, 0.15) is 32.4 Å². The number of benzene rings is 1. The number of hydrogen-bond donors (Lipinski definition) is 2. The van der Waals surface area contributed by atoms with Gasteiger partial charge in [-0.1, -0.05) is 30.3 Å². The van der Waals surface area contributed by atoms with Crippen molar-refractivity contribution in [2.45, 2.75) is 39.0 Å². The number of nitrogens with zero attached hydrogens (tertiary/aromatic N) is 1. The summed E-state index contributed by atoms with van der Waals surface area (Å²) in [6.07, 6.45) is -0.778. The molecule has 0 radical (unpaired) electrons. The molecule has 0 aliphatic heterocycles. The molecule has 0 amide bonds. The van der Waals surface area contributed by atoms with Gasteiger partial charge >= 0.3 is 0 Å². The Morgan fingerprint density at radius 1 is 0.941 bits per heavy atom. The van der Waals surface area contributed by atoms with Gasteiger partial charge in [0.1, 0.15) is 0 Å². The minimum atomic E-state index is -0.389. The van der Waals surface area contributed by atoms with E-state index in [2.05, 4.69) is 24.0 Å². The third-order valence-electron chi connectivity index (χ3n) is 2.83. The highest BCUT2D eigenvalue weighted by atomic mass is 16.3. The monoisotopic (exact) mass is 237 g/mol. The second kappa shape index (κ2) is 6.74. The van der Waals surface area contributed by atoms with Gasteiger partial charge in [0, 0.05) is 19.1 Å². The zero-order valence-electron chi connectivity index (χ0n) is 10.9. The van der Waals surface area contributed by atoms with Crippen LogP contribution in [0.3, 0.4) is 0 Å². The lowest BCUT2D eigenvalue weighted by Gasteiger charge is -2.31. The summed E-state index contributed by atoms with van der Waals surface area (Å²) in [5.74, 6) is 0. The SMILES string of the molecule is CC(O)CN(CC(C)O)C(C)c1ccccc1. The molecule has 0 fully saturated rings. The molecule has 0 aromatic heterocycles. The Bertz CT molecular complexity index is 301. The highest BCUT2D eigenvalue weighted by molar-refractivity contribution is 5.18. The lowest BCUT2D eigenvalue weighted by atomic mass is 10.1. The van der Waals surface area contributed by atoms with E-state index >= 15 is 0 Å². The van der Waals surface area contributed by atoms with Crippen LogP contribution in [0.2, 0.25) is 0 Å². The van der Waals surface area contributed by atoms with Crippen molar-refractivity contribution in [2.24, 2.45) is 0 Å². The van der Waals surface area contributed by atoms with E-state index in [0.717, 1.165) is 0 Å². The van der Waals surface area contributed by atoms with Gasteiger partial charge in [-0.15, -0.1) is 0 Å². The fourth-order valence-electron chi connectivity index (χ4n) is 2.01. The van der Waals surface area contributed by atoms with Gasteiger partial charge in [-0.3, -0.25) is 4.90 Å². The first kappa shape index (κ1) is 14.2.